The lowest BCUT2D eigenvalue weighted by Gasteiger charge is -2.31. The summed E-state index contributed by atoms with van der Waals surface area (Å²) in [6.45, 7) is 4.70. The number of ether oxygens (including phenoxy) is 2. The quantitative estimate of drug-likeness (QED) is 0.847. The highest BCUT2D eigenvalue weighted by molar-refractivity contribution is 5.75. The minimum absolute atomic E-state index is 0.0793. The van der Waals surface area contributed by atoms with Crippen LogP contribution in [0.2, 0.25) is 0 Å². The molecule has 0 aliphatic carbocycles. The van der Waals surface area contributed by atoms with Gasteiger partial charge in [-0.3, -0.25) is 4.79 Å². The first-order chi connectivity index (χ1) is 11.1. The number of benzene rings is 1. The van der Waals surface area contributed by atoms with Crippen molar-refractivity contribution in [3.8, 4) is 0 Å². The van der Waals surface area contributed by atoms with Crippen molar-refractivity contribution in [2.75, 3.05) is 6.61 Å². The van der Waals surface area contributed by atoms with Crippen LogP contribution in [-0.2, 0) is 20.7 Å². The molecule has 1 heterocycles. The van der Waals surface area contributed by atoms with Gasteiger partial charge < -0.3 is 15.2 Å². The first-order valence-corrected chi connectivity index (χ1v) is 8.73. The Kier molecular flexibility index (Phi) is 7.06. The van der Waals surface area contributed by atoms with Crippen molar-refractivity contribution in [1.82, 2.24) is 0 Å². The van der Waals surface area contributed by atoms with Crippen molar-refractivity contribution >= 4 is 5.97 Å². The van der Waals surface area contributed by atoms with Gasteiger partial charge in [-0.15, -0.1) is 0 Å². The molecule has 0 spiro atoms. The molecule has 0 saturated carbocycles. The van der Waals surface area contributed by atoms with Crippen LogP contribution < -0.4 is 5.73 Å². The zero-order valence-electron chi connectivity index (χ0n) is 14.2. The van der Waals surface area contributed by atoms with Gasteiger partial charge in [0.05, 0.1) is 6.10 Å². The lowest BCUT2D eigenvalue weighted by Crippen LogP contribution is -2.40. The molecular formula is C19H29NO3. The second-order valence-electron chi connectivity index (χ2n) is 6.46. The summed E-state index contributed by atoms with van der Waals surface area (Å²) in [5, 5.41) is 0. The molecule has 1 fully saturated rings. The number of carbonyl (C=O) groups excluding carboxylic acids is 1. The van der Waals surface area contributed by atoms with Crippen molar-refractivity contribution in [3.05, 3.63) is 35.9 Å². The summed E-state index contributed by atoms with van der Waals surface area (Å²) in [6, 6.07) is 9.93. The summed E-state index contributed by atoms with van der Waals surface area (Å²) in [4.78, 5) is 12.0. The predicted octanol–water partition coefficient (Wildman–Crippen LogP) is 3.08. The zero-order chi connectivity index (χ0) is 16.7. The van der Waals surface area contributed by atoms with Crippen LogP contribution in [0.15, 0.2) is 30.3 Å². The third kappa shape index (κ3) is 5.33. The molecule has 4 nitrogen and oxygen atoms in total. The summed E-state index contributed by atoms with van der Waals surface area (Å²) < 4.78 is 11.7. The normalized spacial score (nSPS) is 29.3. The first-order valence-electron chi connectivity index (χ1n) is 8.73. The van der Waals surface area contributed by atoms with Crippen LogP contribution >= 0.6 is 0 Å². The molecule has 0 amide bonds. The van der Waals surface area contributed by atoms with Crippen LogP contribution in [0.3, 0.4) is 0 Å². The minimum atomic E-state index is -0.514. The number of nitrogens with two attached hydrogens (primary N) is 1. The van der Waals surface area contributed by atoms with Gasteiger partial charge in [-0.1, -0.05) is 43.7 Å². The van der Waals surface area contributed by atoms with E-state index in [1.807, 2.05) is 13.0 Å². The van der Waals surface area contributed by atoms with Crippen molar-refractivity contribution < 1.29 is 14.3 Å². The largest absolute Gasteiger partial charge is 0.459 e. The Balaban J connectivity index is 2.16. The molecule has 2 N–H and O–H groups in total. The van der Waals surface area contributed by atoms with Crippen molar-refractivity contribution in [2.24, 2.45) is 11.7 Å². The van der Waals surface area contributed by atoms with Crippen molar-refractivity contribution in [3.63, 3.8) is 0 Å². The third-order valence-corrected chi connectivity index (χ3v) is 4.48. The maximum Gasteiger partial charge on any atom is 0.323 e. The lowest BCUT2D eigenvalue weighted by atomic mass is 9.87. The lowest BCUT2D eigenvalue weighted by molar-refractivity contribution is -0.160. The Morgan fingerprint density at radius 3 is 2.70 bits per heavy atom. The van der Waals surface area contributed by atoms with E-state index in [0.717, 1.165) is 25.7 Å². The molecule has 4 heteroatoms. The van der Waals surface area contributed by atoms with Gasteiger partial charge in [0.25, 0.3) is 0 Å². The molecule has 0 aromatic heterocycles. The Hall–Kier alpha value is -1.39. The smallest absolute Gasteiger partial charge is 0.323 e. The fourth-order valence-electron chi connectivity index (χ4n) is 3.26. The van der Waals surface area contributed by atoms with Gasteiger partial charge in [-0.25, -0.2) is 0 Å². The molecule has 0 radical (unpaired) electrons. The maximum absolute atomic E-state index is 12.0. The highest BCUT2D eigenvalue weighted by Gasteiger charge is 2.33. The van der Waals surface area contributed by atoms with Crippen LogP contribution in [0.5, 0.6) is 0 Å². The topological polar surface area (TPSA) is 61.5 Å². The van der Waals surface area contributed by atoms with E-state index < -0.39 is 6.04 Å². The van der Waals surface area contributed by atoms with Gasteiger partial charge in [-0.2, -0.15) is 0 Å². The highest BCUT2D eigenvalue weighted by Crippen LogP contribution is 2.27. The van der Waals surface area contributed by atoms with Crippen molar-refractivity contribution in [1.29, 1.82) is 0 Å². The number of carbonyl (C=O) groups is 1. The average Bonchev–Trinajstić information content (AvgIpc) is 2.59. The molecule has 0 bridgehead atoms. The van der Waals surface area contributed by atoms with Crippen LogP contribution in [0.1, 0.15) is 45.1 Å². The number of hydrogen-bond donors (Lipinski definition) is 1. The van der Waals surface area contributed by atoms with E-state index in [0.29, 0.717) is 18.9 Å². The molecule has 1 aromatic carbocycles. The predicted molar refractivity (Wildman–Crippen MR) is 91.0 cm³/mol. The third-order valence-electron chi connectivity index (χ3n) is 4.48. The number of rotatable bonds is 5. The Morgan fingerprint density at radius 2 is 2.00 bits per heavy atom. The maximum atomic E-state index is 12.0. The van der Waals surface area contributed by atoms with E-state index in [-0.39, 0.29) is 18.2 Å². The van der Waals surface area contributed by atoms with Gasteiger partial charge in [0, 0.05) is 6.61 Å². The van der Waals surface area contributed by atoms with Gasteiger partial charge in [0.2, 0.25) is 0 Å². The molecule has 1 aliphatic rings. The fraction of sp³-hybridized carbons (Fsp3) is 0.632. The van der Waals surface area contributed by atoms with Crippen LogP contribution in [0.4, 0.5) is 0 Å². The number of hydrogen-bond acceptors (Lipinski definition) is 4. The van der Waals surface area contributed by atoms with E-state index in [4.69, 9.17) is 15.2 Å². The molecule has 23 heavy (non-hydrogen) atoms. The monoisotopic (exact) mass is 319 g/mol. The summed E-state index contributed by atoms with van der Waals surface area (Å²) in [7, 11) is 0. The second-order valence-corrected chi connectivity index (χ2v) is 6.46. The van der Waals surface area contributed by atoms with Gasteiger partial charge in [-0.05, 0) is 44.1 Å². The van der Waals surface area contributed by atoms with Crippen LogP contribution in [-0.4, -0.2) is 30.8 Å². The van der Waals surface area contributed by atoms with Gasteiger partial charge in [0.15, 0.2) is 0 Å². The Labute approximate surface area is 139 Å². The molecule has 1 aliphatic heterocycles. The summed E-state index contributed by atoms with van der Waals surface area (Å²) in [6.07, 6.45) is 4.14. The molecule has 4 atom stereocenters. The molecule has 128 valence electrons. The van der Waals surface area contributed by atoms with E-state index >= 15 is 0 Å². The van der Waals surface area contributed by atoms with E-state index in [1.165, 1.54) is 5.56 Å². The first kappa shape index (κ1) is 18.0. The van der Waals surface area contributed by atoms with E-state index in [9.17, 15) is 4.79 Å². The molecule has 2 rings (SSSR count). The number of esters is 1. The Morgan fingerprint density at radius 1 is 1.26 bits per heavy atom. The van der Waals surface area contributed by atoms with E-state index in [1.54, 1.807) is 0 Å². The standard InChI is InChI=1S/C19H29NO3/c1-3-12-22-18-14(2)23-19(21)17(20)11-7-10-16(18)13-15-8-5-4-6-9-15/h4-6,8-9,14,16-18H,3,7,10-13,20H2,1-2H3. The van der Waals surface area contributed by atoms with Crippen LogP contribution in [0, 0.1) is 5.92 Å². The van der Waals surface area contributed by atoms with Gasteiger partial charge in [0.1, 0.15) is 12.1 Å². The average molecular weight is 319 g/mol. The summed E-state index contributed by atoms with van der Waals surface area (Å²) in [5.41, 5.74) is 7.20. The second kappa shape index (κ2) is 9.04. The Bertz CT molecular complexity index is 477. The zero-order valence-corrected chi connectivity index (χ0v) is 14.2. The van der Waals surface area contributed by atoms with Crippen LogP contribution in [0.25, 0.3) is 0 Å². The molecule has 4 unspecified atom stereocenters. The summed E-state index contributed by atoms with van der Waals surface area (Å²) in [5.74, 6) is 0.0278. The molecular weight excluding hydrogens is 290 g/mol. The summed E-state index contributed by atoms with van der Waals surface area (Å²) >= 11 is 0. The SMILES string of the molecule is CCCOC1C(Cc2ccccc2)CCCC(N)C(=O)OC1C. The minimum Gasteiger partial charge on any atom is -0.459 e. The van der Waals surface area contributed by atoms with Gasteiger partial charge >= 0.3 is 5.97 Å². The number of cyclic esters (lactones) is 1. The van der Waals surface area contributed by atoms with Crippen molar-refractivity contribution in [2.45, 2.75) is 64.2 Å². The van der Waals surface area contributed by atoms with E-state index in [2.05, 4.69) is 31.2 Å². The fourth-order valence-corrected chi connectivity index (χ4v) is 3.26. The highest BCUT2D eigenvalue weighted by atomic mass is 16.6. The molecule has 1 aromatic rings. The molecule has 1 saturated heterocycles.